The molecule has 0 fully saturated rings. The van der Waals surface area contributed by atoms with Crippen LogP contribution in [0.5, 0.6) is 0 Å². The Morgan fingerprint density at radius 3 is 3.25 bits per heavy atom. The Hall–Kier alpha value is -1.17. The first-order chi connectivity index (χ1) is 7.79. The lowest BCUT2D eigenvalue weighted by molar-refractivity contribution is -0.152. The Kier molecular flexibility index (Phi) is 3.71. The molecule has 1 aliphatic heterocycles. The fourth-order valence-electron chi connectivity index (χ4n) is 1.72. The molecule has 0 spiro atoms. The minimum absolute atomic E-state index is 0.00416. The van der Waals surface area contributed by atoms with Crippen molar-refractivity contribution < 1.29 is 9.36 Å². The molecule has 0 saturated carbocycles. The highest BCUT2D eigenvalue weighted by atomic mass is 16.7. The molecule has 5 heteroatoms. The SMILES string of the molecule is CCCON1CC(c2cnoc2)=CC(N)C1. The van der Waals surface area contributed by atoms with E-state index in [0.29, 0.717) is 0 Å². The van der Waals surface area contributed by atoms with Crippen molar-refractivity contribution in [2.45, 2.75) is 19.4 Å². The fraction of sp³-hybridized carbons (Fsp3) is 0.545. The van der Waals surface area contributed by atoms with Gasteiger partial charge < -0.3 is 10.3 Å². The van der Waals surface area contributed by atoms with Crippen molar-refractivity contribution in [2.75, 3.05) is 19.7 Å². The van der Waals surface area contributed by atoms with Crippen LogP contribution in [0.3, 0.4) is 0 Å². The van der Waals surface area contributed by atoms with Crippen molar-refractivity contribution in [1.82, 2.24) is 10.2 Å². The Morgan fingerprint density at radius 1 is 1.69 bits per heavy atom. The lowest BCUT2D eigenvalue weighted by atomic mass is 10.0. The van der Waals surface area contributed by atoms with E-state index >= 15 is 0 Å². The van der Waals surface area contributed by atoms with Crippen LogP contribution in [0, 0.1) is 0 Å². The second kappa shape index (κ2) is 5.25. The van der Waals surface area contributed by atoms with Gasteiger partial charge in [0, 0.05) is 24.7 Å². The van der Waals surface area contributed by atoms with Crippen LogP contribution in [0.25, 0.3) is 5.57 Å². The largest absolute Gasteiger partial charge is 0.364 e. The van der Waals surface area contributed by atoms with Crippen LogP contribution >= 0.6 is 0 Å². The summed E-state index contributed by atoms with van der Waals surface area (Å²) in [5.41, 5.74) is 8.02. The molecule has 0 aliphatic carbocycles. The number of hydrogen-bond donors (Lipinski definition) is 1. The van der Waals surface area contributed by atoms with Gasteiger partial charge in [-0.2, -0.15) is 5.06 Å². The zero-order valence-electron chi connectivity index (χ0n) is 9.43. The van der Waals surface area contributed by atoms with E-state index in [-0.39, 0.29) is 6.04 Å². The summed E-state index contributed by atoms with van der Waals surface area (Å²) in [6.45, 7) is 4.27. The molecule has 1 aromatic heterocycles. The molecular weight excluding hydrogens is 206 g/mol. The van der Waals surface area contributed by atoms with Gasteiger partial charge in [0.15, 0.2) is 0 Å². The predicted molar refractivity (Wildman–Crippen MR) is 60.3 cm³/mol. The van der Waals surface area contributed by atoms with E-state index < -0.39 is 0 Å². The number of hydrogen-bond acceptors (Lipinski definition) is 5. The molecule has 1 aliphatic rings. The van der Waals surface area contributed by atoms with Gasteiger partial charge in [-0.05, 0) is 12.0 Å². The van der Waals surface area contributed by atoms with E-state index in [2.05, 4.69) is 12.1 Å². The van der Waals surface area contributed by atoms with Gasteiger partial charge in [0.05, 0.1) is 12.8 Å². The lowest BCUT2D eigenvalue weighted by Gasteiger charge is -2.29. The summed E-state index contributed by atoms with van der Waals surface area (Å²) in [6.07, 6.45) is 6.36. The number of nitrogens with zero attached hydrogens (tertiary/aromatic N) is 2. The van der Waals surface area contributed by atoms with Gasteiger partial charge in [-0.15, -0.1) is 0 Å². The third kappa shape index (κ3) is 2.69. The zero-order chi connectivity index (χ0) is 11.4. The van der Waals surface area contributed by atoms with Gasteiger partial charge in [-0.25, -0.2) is 0 Å². The first kappa shape index (κ1) is 11.3. The summed E-state index contributed by atoms with van der Waals surface area (Å²) in [5, 5.41) is 5.59. The maximum absolute atomic E-state index is 5.94. The Balaban J connectivity index is 2.03. The van der Waals surface area contributed by atoms with Crippen LogP contribution in [-0.4, -0.2) is 36.0 Å². The number of hydroxylamine groups is 2. The summed E-state index contributed by atoms with van der Waals surface area (Å²) in [6, 6.07) is -0.00416. The maximum atomic E-state index is 5.94. The average molecular weight is 223 g/mol. The molecule has 0 aromatic carbocycles. The monoisotopic (exact) mass is 223 g/mol. The highest BCUT2D eigenvalue weighted by Crippen LogP contribution is 2.20. The highest BCUT2D eigenvalue weighted by Gasteiger charge is 2.19. The van der Waals surface area contributed by atoms with Crippen LogP contribution in [0.15, 0.2) is 23.1 Å². The molecular formula is C11H17N3O2. The van der Waals surface area contributed by atoms with Gasteiger partial charge in [-0.1, -0.05) is 18.2 Å². The summed E-state index contributed by atoms with van der Waals surface area (Å²) < 4.78 is 4.83. The van der Waals surface area contributed by atoms with E-state index in [1.54, 1.807) is 12.5 Å². The topological polar surface area (TPSA) is 64.5 Å². The first-order valence-electron chi connectivity index (χ1n) is 5.53. The summed E-state index contributed by atoms with van der Waals surface area (Å²) in [7, 11) is 0. The Labute approximate surface area is 94.8 Å². The van der Waals surface area contributed by atoms with Crippen LogP contribution in [0.2, 0.25) is 0 Å². The molecule has 1 unspecified atom stereocenters. The second-order valence-electron chi connectivity index (χ2n) is 3.92. The summed E-state index contributed by atoms with van der Waals surface area (Å²) in [5.74, 6) is 0. The molecule has 0 radical (unpaired) electrons. The molecule has 0 bridgehead atoms. The molecule has 1 aromatic rings. The molecule has 0 amide bonds. The van der Waals surface area contributed by atoms with Gasteiger partial charge in [0.1, 0.15) is 6.26 Å². The van der Waals surface area contributed by atoms with E-state index in [9.17, 15) is 0 Å². The summed E-state index contributed by atoms with van der Waals surface area (Å²) in [4.78, 5) is 5.59. The number of aromatic nitrogens is 1. The van der Waals surface area contributed by atoms with Crippen molar-refractivity contribution in [3.8, 4) is 0 Å². The van der Waals surface area contributed by atoms with E-state index in [4.69, 9.17) is 15.1 Å². The van der Waals surface area contributed by atoms with Crippen molar-refractivity contribution >= 4 is 5.57 Å². The van der Waals surface area contributed by atoms with Gasteiger partial charge in [0.25, 0.3) is 0 Å². The van der Waals surface area contributed by atoms with Crippen molar-refractivity contribution in [3.05, 3.63) is 24.1 Å². The van der Waals surface area contributed by atoms with Gasteiger partial charge in [-0.3, -0.25) is 4.84 Å². The van der Waals surface area contributed by atoms with Crippen molar-refractivity contribution in [2.24, 2.45) is 5.73 Å². The normalized spacial score (nSPS) is 22.1. The lowest BCUT2D eigenvalue weighted by Crippen LogP contribution is -2.41. The fourth-order valence-corrected chi connectivity index (χ4v) is 1.72. The minimum Gasteiger partial charge on any atom is -0.364 e. The molecule has 1 atom stereocenters. The standard InChI is InChI=1S/C11H17N3O2/c1-2-3-16-14-6-9(4-11(12)7-14)10-5-13-15-8-10/h4-5,8,11H,2-3,6-7,12H2,1H3. The van der Waals surface area contributed by atoms with E-state index in [0.717, 1.165) is 37.3 Å². The quantitative estimate of drug-likeness (QED) is 0.826. The smallest absolute Gasteiger partial charge is 0.131 e. The van der Waals surface area contributed by atoms with Crippen molar-refractivity contribution in [1.29, 1.82) is 0 Å². The predicted octanol–water partition coefficient (Wildman–Crippen LogP) is 1.04. The second-order valence-corrected chi connectivity index (χ2v) is 3.92. The maximum Gasteiger partial charge on any atom is 0.131 e. The minimum atomic E-state index is -0.00416. The van der Waals surface area contributed by atoms with Crippen LogP contribution in [-0.2, 0) is 4.84 Å². The molecule has 2 heterocycles. The molecule has 16 heavy (non-hydrogen) atoms. The van der Waals surface area contributed by atoms with Crippen LogP contribution in [0.1, 0.15) is 18.9 Å². The molecule has 2 rings (SSSR count). The number of nitrogens with two attached hydrogens (primary N) is 1. The Bertz CT molecular complexity index is 348. The van der Waals surface area contributed by atoms with Crippen LogP contribution < -0.4 is 5.73 Å². The average Bonchev–Trinajstić information content (AvgIpc) is 2.79. The molecule has 88 valence electrons. The highest BCUT2D eigenvalue weighted by molar-refractivity contribution is 5.66. The zero-order valence-corrected chi connectivity index (χ0v) is 9.43. The van der Waals surface area contributed by atoms with Gasteiger partial charge >= 0.3 is 0 Å². The third-order valence-corrected chi connectivity index (χ3v) is 2.46. The van der Waals surface area contributed by atoms with E-state index in [1.807, 2.05) is 11.1 Å². The molecule has 2 N–H and O–H groups in total. The Morgan fingerprint density at radius 2 is 2.56 bits per heavy atom. The van der Waals surface area contributed by atoms with Gasteiger partial charge in [0.2, 0.25) is 0 Å². The van der Waals surface area contributed by atoms with E-state index in [1.165, 1.54) is 0 Å². The van der Waals surface area contributed by atoms with Crippen molar-refractivity contribution in [3.63, 3.8) is 0 Å². The number of rotatable bonds is 4. The third-order valence-electron chi connectivity index (χ3n) is 2.46. The first-order valence-corrected chi connectivity index (χ1v) is 5.53. The molecule has 5 nitrogen and oxygen atoms in total. The summed E-state index contributed by atoms with van der Waals surface area (Å²) >= 11 is 0. The van der Waals surface area contributed by atoms with Crippen LogP contribution in [0.4, 0.5) is 0 Å². The molecule has 0 saturated heterocycles.